The first-order valence-electron chi connectivity index (χ1n) is 6.32. The van der Waals surface area contributed by atoms with E-state index in [1.807, 2.05) is 18.4 Å². The van der Waals surface area contributed by atoms with E-state index in [1.165, 1.54) is 28.4 Å². The molecule has 0 radical (unpaired) electrons. The molecule has 0 amide bonds. The molecular formula is C12H12N6O2S. The van der Waals surface area contributed by atoms with Crippen LogP contribution in [-0.2, 0) is 6.54 Å². The molecule has 0 aliphatic rings. The van der Waals surface area contributed by atoms with Gasteiger partial charge in [-0.3, -0.25) is 14.8 Å². The SMILES string of the molecule is CCNc1nc(Cn2cc([N+](=O)[O-])cn2)nc2sccc12. The van der Waals surface area contributed by atoms with E-state index in [9.17, 15) is 10.1 Å². The quantitative estimate of drug-likeness (QED) is 0.573. The normalized spacial score (nSPS) is 10.9. The third-order valence-corrected chi connectivity index (χ3v) is 3.66. The second kappa shape index (κ2) is 5.44. The summed E-state index contributed by atoms with van der Waals surface area (Å²) < 4.78 is 1.46. The Morgan fingerprint density at radius 1 is 1.48 bits per heavy atom. The molecule has 0 saturated carbocycles. The van der Waals surface area contributed by atoms with Crippen molar-refractivity contribution in [1.29, 1.82) is 0 Å². The first kappa shape index (κ1) is 13.4. The number of fused-ring (bicyclic) bond motifs is 1. The zero-order valence-corrected chi connectivity index (χ0v) is 12.0. The molecule has 0 saturated heterocycles. The molecule has 3 heterocycles. The highest BCUT2D eigenvalue weighted by molar-refractivity contribution is 7.16. The Morgan fingerprint density at radius 3 is 3.05 bits per heavy atom. The summed E-state index contributed by atoms with van der Waals surface area (Å²) in [5, 5.41) is 20.8. The van der Waals surface area contributed by atoms with Gasteiger partial charge in [0.05, 0.1) is 10.3 Å². The molecule has 0 aliphatic heterocycles. The van der Waals surface area contributed by atoms with Crippen LogP contribution in [0.5, 0.6) is 0 Å². The Morgan fingerprint density at radius 2 is 2.33 bits per heavy atom. The Kier molecular flexibility index (Phi) is 3.48. The zero-order chi connectivity index (χ0) is 14.8. The fraction of sp³-hybridized carbons (Fsp3) is 0.250. The minimum atomic E-state index is -0.475. The Labute approximate surface area is 123 Å². The zero-order valence-electron chi connectivity index (χ0n) is 11.2. The van der Waals surface area contributed by atoms with E-state index in [0.717, 1.165) is 22.6 Å². The number of hydrogen-bond acceptors (Lipinski definition) is 7. The van der Waals surface area contributed by atoms with Gasteiger partial charge in [-0.1, -0.05) is 0 Å². The number of aromatic nitrogens is 4. The molecule has 0 bridgehead atoms. The molecule has 0 unspecified atom stereocenters. The van der Waals surface area contributed by atoms with E-state index in [-0.39, 0.29) is 5.69 Å². The van der Waals surface area contributed by atoms with Crippen molar-refractivity contribution in [3.63, 3.8) is 0 Å². The van der Waals surface area contributed by atoms with Crippen LogP contribution in [0.2, 0.25) is 0 Å². The monoisotopic (exact) mass is 304 g/mol. The lowest BCUT2D eigenvalue weighted by Crippen LogP contribution is -2.08. The number of nitrogens with one attached hydrogen (secondary N) is 1. The van der Waals surface area contributed by atoms with E-state index in [0.29, 0.717) is 12.4 Å². The molecule has 0 aromatic carbocycles. The van der Waals surface area contributed by atoms with Crippen molar-refractivity contribution in [2.45, 2.75) is 13.5 Å². The summed E-state index contributed by atoms with van der Waals surface area (Å²) in [5.74, 6) is 1.35. The van der Waals surface area contributed by atoms with Gasteiger partial charge in [0.15, 0.2) is 5.82 Å². The van der Waals surface area contributed by atoms with E-state index in [4.69, 9.17) is 0 Å². The standard InChI is InChI=1S/C12H12N6O2S/c1-2-13-11-9-3-4-21-12(9)16-10(15-11)7-17-6-8(5-14-17)18(19)20/h3-6H,2,7H2,1H3,(H,13,15,16). The van der Waals surface area contributed by atoms with E-state index in [1.54, 1.807) is 0 Å². The molecule has 8 nitrogen and oxygen atoms in total. The van der Waals surface area contributed by atoms with Crippen LogP contribution in [0.1, 0.15) is 12.7 Å². The second-order valence-corrected chi connectivity index (χ2v) is 5.21. The number of rotatable bonds is 5. The molecule has 0 aliphatic carbocycles. The largest absolute Gasteiger partial charge is 0.370 e. The summed E-state index contributed by atoms with van der Waals surface area (Å²) in [6.07, 6.45) is 2.59. The van der Waals surface area contributed by atoms with Gasteiger partial charge in [0.1, 0.15) is 29.6 Å². The van der Waals surface area contributed by atoms with E-state index in [2.05, 4.69) is 20.4 Å². The highest BCUT2D eigenvalue weighted by atomic mass is 32.1. The third kappa shape index (κ3) is 2.68. The van der Waals surface area contributed by atoms with Crippen molar-refractivity contribution in [2.24, 2.45) is 0 Å². The lowest BCUT2D eigenvalue weighted by Gasteiger charge is -2.06. The summed E-state index contributed by atoms with van der Waals surface area (Å²) in [5.41, 5.74) is -0.0425. The van der Waals surface area contributed by atoms with Gasteiger partial charge < -0.3 is 5.32 Å². The van der Waals surface area contributed by atoms with Crippen molar-refractivity contribution in [1.82, 2.24) is 19.7 Å². The second-order valence-electron chi connectivity index (χ2n) is 4.31. The van der Waals surface area contributed by atoms with E-state index >= 15 is 0 Å². The minimum Gasteiger partial charge on any atom is -0.370 e. The number of thiophene rings is 1. The smallest absolute Gasteiger partial charge is 0.307 e. The molecular weight excluding hydrogens is 292 g/mol. The average molecular weight is 304 g/mol. The topological polar surface area (TPSA) is 98.8 Å². The number of nitrogens with zero attached hydrogens (tertiary/aromatic N) is 5. The predicted octanol–water partition coefficient (Wildman–Crippen LogP) is 2.28. The average Bonchev–Trinajstić information content (AvgIpc) is 3.08. The molecule has 3 rings (SSSR count). The minimum absolute atomic E-state index is 0.0425. The Balaban J connectivity index is 1.93. The van der Waals surface area contributed by atoms with Crippen molar-refractivity contribution in [3.8, 4) is 0 Å². The molecule has 0 atom stereocenters. The molecule has 9 heteroatoms. The fourth-order valence-electron chi connectivity index (χ4n) is 1.95. The van der Waals surface area contributed by atoms with Crippen LogP contribution in [-0.4, -0.2) is 31.2 Å². The third-order valence-electron chi connectivity index (χ3n) is 2.85. The lowest BCUT2D eigenvalue weighted by atomic mass is 10.3. The maximum atomic E-state index is 10.7. The summed E-state index contributed by atoms with van der Waals surface area (Å²) in [4.78, 5) is 20.0. The number of hydrogen-bond donors (Lipinski definition) is 1. The van der Waals surface area contributed by atoms with Crippen molar-refractivity contribution >= 4 is 33.1 Å². The van der Waals surface area contributed by atoms with Gasteiger partial charge >= 0.3 is 5.69 Å². The lowest BCUT2D eigenvalue weighted by molar-refractivity contribution is -0.385. The Hall–Kier alpha value is -2.55. The predicted molar refractivity (Wildman–Crippen MR) is 79.6 cm³/mol. The highest BCUT2D eigenvalue weighted by Crippen LogP contribution is 2.25. The van der Waals surface area contributed by atoms with Crippen LogP contribution in [0.25, 0.3) is 10.2 Å². The van der Waals surface area contributed by atoms with Gasteiger partial charge in [-0.15, -0.1) is 11.3 Å². The maximum Gasteiger partial charge on any atom is 0.307 e. The first-order chi connectivity index (χ1) is 10.2. The van der Waals surface area contributed by atoms with Gasteiger partial charge in [0.25, 0.3) is 0 Å². The molecule has 1 N–H and O–H groups in total. The Bertz CT molecular complexity index is 796. The first-order valence-corrected chi connectivity index (χ1v) is 7.20. The molecule has 3 aromatic heterocycles. The molecule has 3 aromatic rings. The summed E-state index contributed by atoms with van der Waals surface area (Å²) in [6.45, 7) is 3.05. The van der Waals surface area contributed by atoms with E-state index < -0.39 is 4.92 Å². The van der Waals surface area contributed by atoms with Crippen LogP contribution in [0, 0.1) is 10.1 Å². The summed E-state index contributed by atoms with van der Waals surface area (Å²) in [7, 11) is 0. The van der Waals surface area contributed by atoms with Crippen LogP contribution in [0.15, 0.2) is 23.8 Å². The highest BCUT2D eigenvalue weighted by Gasteiger charge is 2.12. The van der Waals surface area contributed by atoms with Gasteiger partial charge in [0.2, 0.25) is 0 Å². The van der Waals surface area contributed by atoms with Crippen LogP contribution < -0.4 is 5.32 Å². The summed E-state index contributed by atoms with van der Waals surface area (Å²) >= 11 is 1.53. The maximum absolute atomic E-state index is 10.7. The molecule has 0 fully saturated rings. The number of anilines is 1. The summed E-state index contributed by atoms with van der Waals surface area (Å²) in [6, 6.07) is 1.97. The molecule has 0 spiro atoms. The molecule has 21 heavy (non-hydrogen) atoms. The van der Waals surface area contributed by atoms with Gasteiger partial charge in [-0.2, -0.15) is 5.10 Å². The number of nitro groups is 1. The van der Waals surface area contributed by atoms with Crippen LogP contribution >= 0.6 is 11.3 Å². The van der Waals surface area contributed by atoms with Crippen molar-refractivity contribution < 1.29 is 4.92 Å². The van der Waals surface area contributed by atoms with Crippen LogP contribution in [0.3, 0.4) is 0 Å². The fourth-order valence-corrected chi connectivity index (χ4v) is 2.73. The van der Waals surface area contributed by atoms with Gasteiger partial charge in [0, 0.05) is 6.54 Å². The van der Waals surface area contributed by atoms with Crippen LogP contribution in [0.4, 0.5) is 11.5 Å². The van der Waals surface area contributed by atoms with Gasteiger partial charge in [-0.25, -0.2) is 9.97 Å². The van der Waals surface area contributed by atoms with Crippen molar-refractivity contribution in [2.75, 3.05) is 11.9 Å². The molecule has 108 valence electrons. The van der Waals surface area contributed by atoms with Crippen molar-refractivity contribution in [3.05, 3.63) is 39.8 Å². The van der Waals surface area contributed by atoms with Gasteiger partial charge in [-0.05, 0) is 18.4 Å².